The molecule has 3 aromatic carbocycles. The van der Waals surface area contributed by atoms with Gasteiger partial charge in [0.15, 0.2) is 0 Å². The average Bonchev–Trinajstić information content (AvgIpc) is 2.86. The summed E-state index contributed by atoms with van der Waals surface area (Å²) in [6, 6.07) is 22.6. The topological polar surface area (TPSA) is 121 Å². The Morgan fingerprint density at radius 1 is 0.639 bits per heavy atom. The molecule has 0 aliphatic carbocycles. The standard InChI is InChI=1S/C26H31N3O5S2/c1-21-7-12-24(13-8-21)36(33,34)29-20-19-27-26(30)16-11-23-9-14-25(15-10-23)35(31,32)28-18-17-22-5-3-2-4-6-22/h2-10,12-15,28-29H,11,16-20H2,1H3,(H,27,30). The number of aryl methyl sites for hydroxylation is 2. The Bertz CT molecular complexity index is 1340. The van der Waals surface area contributed by atoms with Crippen molar-refractivity contribution >= 4 is 26.0 Å². The van der Waals surface area contributed by atoms with Crippen molar-refractivity contribution in [1.82, 2.24) is 14.8 Å². The molecule has 3 aromatic rings. The molecule has 36 heavy (non-hydrogen) atoms. The number of hydrogen-bond acceptors (Lipinski definition) is 5. The number of hydrogen-bond donors (Lipinski definition) is 3. The molecule has 0 aliphatic rings. The zero-order valence-corrected chi connectivity index (χ0v) is 21.7. The van der Waals surface area contributed by atoms with E-state index in [2.05, 4.69) is 14.8 Å². The highest BCUT2D eigenvalue weighted by molar-refractivity contribution is 7.89. The molecule has 0 bridgehead atoms. The Kier molecular flexibility index (Phi) is 9.77. The zero-order chi connectivity index (χ0) is 26.0. The van der Waals surface area contributed by atoms with Crippen LogP contribution in [0.25, 0.3) is 0 Å². The van der Waals surface area contributed by atoms with Crippen molar-refractivity contribution in [1.29, 1.82) is 0 Å². The molecule has 0 aromatic heterocycles. The second kappa shape index (κ2) is 12.8. The molecule has 1 amide bonds. The molecular formula is C26H31N3O5S2. The highest BCUT2D eigenvalue weighted by atomic mass is 32.2. The summed E-state index contributed by atoms with van der Waals surface area (Å²) in [5.41, 5.74) is 2.85. The van der Waals surface area contributed by atoms with Gasteiger partial charge in [0.2, 0.25) is 26.0 Å². The summed E-state index contributed by atoms with van der Waals surface area (Å²) >= 11 is 0. The lowest BCUT2D eigenvalue weighted by Gasteiger charge is -2.09. The summed E-state index contributed by atoms with van der Waals surface area (Å²) in [7, 11) is -7.24. The number of amides is 1. The summed E-state index contributed by atoms with van der Waals surface area (Å²) in [5, 5.41) is 2.69. The van der Waals surface area contributed by atoms with Crippen LogP contribution in [0.5, 0.6) is 0 Å². The Hall–Kier alpha value is -3.05. The maximum absolute atomic E-state index is 12.5. The normalized spacial score (nSPS) is 11.8. The van der Waals surface area contributed by atoms with Crippen LogP contribution >= 0.6 is 0 Å². The van der Waals surface area contributed by atoms with Gasteiger partial charge in [0.05, 0.1) is 9.79 Å². The van der Waals surface area contributed by atoms with E-state index in [1.807, 2.05) is 37.3 Å². The number of rotatable bonds is 13. The molecular weight excluding hydrogens is 498 g/mol. The number of benzene rings is 3. The van der Waals surface area contributed by atoms with E-state index < -0.39 is 20.0 Å². The number of carbonyl (C=O) groups excluding carboxylic acids is 1. The van der Waals surface area contributed by atoms with E-state index in [0.717, 1.165) is 16.7 Å². The first kappa shape index (κ1) is 27.5. The van der Waals surface area contributed by atoms with Gasteiger partial charge in [-0.25, -0.2) is 26.3 Å². The van der Waals surface area contributed by atoms with E-state index in [1.54, 1.807) is 24.3 Å². The molecule has 0 heterocycles. The average molecular weight is 530 g/mol. The molecule has 8 nitrogen and oxygen atoms in total. The van der Waals surface area contributed by atoms with Crippen LogP contribution in [-0.2, 0) is 37.7 Å². The molecule has 0 aliphatic heterocycles. The molecule has 0 saturated carbocycles. The van der Waals surface area contributed by atoms with Gasteiger partial charge in [-0.15, -0.1) is 0 Å². The molecule has 0 spiro atoms. The van der Waals surface area contributed by atoms with Gasteiger partial charge in [-0.2, -0.15) is 0 Å². The minimum Gasteiger partial charge on any atom is -0.355 e. The van der Waals surface area contributed by atoms with Gasteiger partial charge in [0.25, 0.3) is 0 Å². The van der Waals surface area contributed by atoms with Gasteiger partial charge in [-0.05, 0) is 55.2 Å². The van der Waals surface area contributed by atoms with Crippen LogP contribution in [0.2, 0.25) is 0 Å². The quantitative estimate of drug-likeness (QED) is 0.294. The van der Waals surface area contributed by atoms with E-state index in [4.69, 9.17) is 0 Å². The predicted molar refractivity (Wildman–Crippen MR) is 139 cm³/mol. The van der Waals surface area contributed by atoms with Gasteiger partial charge in [0, 0.05) is 26.1 Å². The second-order valence-corrected chi connectivity index (χ2v) is 11.9. The minimum atomic E-state index is -3.62. The molecule has 0 fully saturated rings. The fraction of sp³-hybridized carbons (Fsp3) is 0.269. The molecule has 0 radical (unpaired) electrons. The number of nitrogens with one attached hydrogen (secondary N) is 3. The third kappa shape index (κ3) is 8.56. The van der Waals surface area contributed by atoms with Crippen LogP contribution in [0.3, 0.4) is 0 Å². The lowest BCUT2D eigenvalue weighted by atomic mass is 10.1. The summed E-state index contributed by atoms with van der Waals surface area (Å²) in [6.07, 6.45) is 1.23. The second-order valence-electron chi connectivity index (χ2n) is 8.34. The van der Waals surface area contributed by atoms with Crippen LogP contribution in [0.15, 0.2) is 88.7 Å². The first-order valence-electron chi connectivity index (χ1n) is 11.6. The molecule has 0 atom stereocenters. The summed E-state index contributed by atoms with van der Waals surface area (Å²) < 4.78 is 54.6. The van der Waals surface area contributed by atoms with Crippen molar-refractivity contribution in [3.63, 3.8) is 0 Å². The predicted octanol–water partition coefficient (Wildman–Crippen LogP) is 2.54. The third-order valence-electron chi connectivity index (χ3n) is 5.49. The van der Waals surface area contributed by atoms with Crippen LogP contribution in [0, 0.1) is 6.92 Å². The number of sulfonamides is 2. The van der Waals surface area contributed by atoms with Gasteiger partial charge < -0.3 is 5.32 Å². The summed E-state index contributed by atoms with van der Waals surface area (Å²) in [5.74, 6) is -0.219. The van der Waals surface area contributed by atoms with Crippen LogP contribution in [0.1, 0.15) is 23.1 Å². The van der Waals surface area contributed by atoms with Gasteiger partial charge in [-0.3, -0.25) is 4.79 Å². The van der Waals surface area contributed by atoms with Crippen molar-refractivity contribution in [2.75, 3.05) is 19.6 Å². The Balaban J connectivity index is 1.38. The zero-order valence-electron chi connectivity index (χ0n) is 20.1. The Morgan fingerprint density at radius 2 is 1.17 bits per heavy atom. The van der Waals surface area contributed by atoms with Crippen LogP contribution in [0.4, 0.5) is 0 Å². The highest BCUT2D eigenvalue weighted by Crippen LogP contribution is 2.12. The Labute approximate surface area is 213 Å². The maximum atomic E-state index is 12.5. The molecule has 3 N–H and O–H groups in total. The minimum absolute atomic E-state index is 0.0752. The molecule has 3 rings (SSSR count). The molecule has 0 saturated heterocycles. The van der Waals surface area contributed by atoms with Gasteiger partial charge in [-0.1, -0.05) is 60.2 Å². The smallest absolute Gasteiger partial charge is 0.240 e. The van der Waals surface area contributed by atoms with Gasteiger partial charge >= 0.3 is 0 Å². The first-order chi connectivity index (χ1) is 17.2. The third-order valence-corrected chi connectivity index (χ3v) is 8.45. The van der Waals surface area contributed by atoms with E-state index in [9.17, 15) is 21.6 Å². The number of carbonyl (C=O) groups is 1. The van der Waals surface area contributed by atoms with Crippen LogP contribution in [-0.4, -0.2) is 42.4 Å². The van der Waals surface area contributed by atoms with Crippen molar-refractivity contribution < 1.29 is 21.6 Å². The van der Waals surface area contributed by atoms with E-state index in [1.165, 1.54) is 24.3 Å². The Morgan fingerprint density at radius 3 is 1.78 bits per heavy atom. The summed E-state index contributed by atoms with van der Waals surface area (Å²) in [6.45, 7) is 2.41. The van der Waals surface area contributed by atoms with Crippen molar-refractivity contribution in [3.8, 4) is 0 Å². The fourth-order valence-corrected chi connectivity index (χ4v) is 5.49. The lowest BCUT2D eigenvalue weighted by molar-refractivity contribution is -0.121. The lowest BCUT2D eigenvalue weighted by Crippen LogP contribution is -2.34. The van der Waals surface area contributed by atoms with Crippen LogP contribution < -0.4 is 14.8 Å². The van der Waals surface area contributed by atoms with E-state index in [0.29, 0.717) is 19.4 Å². The van der Waals surface area contributed by atoms with Crippen molar-refractivity contribution in [2.24, 2.45) is 0 Å². The molecule has 10 heteroatoms. The highest BCUT2D eigenvalue weighted by Gasteiger charge is 2.14. The fourth-order valence-electron chi connectivity index (χ4n) is 3.43. The van der Waals surface area contributed by atoms with Crippen molar-refractivity contribution in [3.05, 3.63) is 95.6 Å². The van der Waals surface area contributed by atoms with Crippen molar-refractivity contribution in [2.45, 2.75) is 36.0 Å². The molecule has 192 valence electrons. The van der Waals surface area contributed by atoms with E-state index in [-0.39, 0.29) is 35.2 Å². The van der Waals surface area contributed by atoms with E-state index >= 15 is 0 Å². The maximum Gasteiger partial charge on any atom is 0.240 e. The first-order valence-corrected chi connectivity index (χ1v) is 14.6. The SMILES string of the molecule is Cc1ccc(S(=O)(=O)NCCNC(=O)CCc2ccc(S(=O)(=O)NCCc3ccccc3)cc2)cc1. The largest absolute Gasteiger partial charge is 0.355 e. The monoisotopic (exact) mass is 529 g/mol. The van der Waals surface area contributed by atoms with Gasteiger partial charge in [0.1, 0.15) is 0 Å². The summed E-state index contributed by atoms with van der Waals surface area (Å²) in [4.78, 5) is 12.5. The molecule has 0 unspecified atom stereocenters.